The predicted octanol–water partition coefficient (Wildman–Crippen LogP) is 0.261. The fourth-order valence-corrected chi connectivity index (χ4v) is 1.45. The Hall–Kier alpha value is -3.23. The molecule has 0 unspecified atom stereocenters. The van der Waals surface area contributed by atoms with Gasteiger partial charge in [0.15, 0.2) is 0 Å². The van der Waals surface area contributed by atoms with Crippen molar-refractivity contribution in [2.45, 2.75) is 0 Å². The van der Waals surface area contributed by atoms with E-state index in [0.717, 1.165) is 11.0 Å². The standard InChI is InChI=1S/C14H15N3O6/c1-3-12(18)15-8-13(19)16(2)9-14(20)23-11-6-4-10(5-7-11)17(21)22/h3-7H,1,8-9H2,2H3,(H,15,18). The van der Waals surface area contributed by atoms with Crippen LogP contribution in [-0.2, 0) is 14.4 Å². The summed E-state index contributed by atoms with van der Waals surface area (Å²) in [5, 5.41) is 12.8. The number of amides is 2. The molecule has 0 fully saturated rings. The van der Waals surface area contributed by atoms with Crippen LogP contribution in [0.1, 0.15) is 0 Å². The molecule has 122 valence electrons. The van der Waals surface area contributed by atoms with Gasteiger partial charge in [-0.2, -0.15) is 0 Å². The van der Waals surface area contributed by atoms with E-state index in [2.05, 4.69) is 11.9 Å². The highest BCUT2D eigenvalue weighted by Gasteiger charge is 2.15. The van der Waals surface area contributed by atoms with E-state index in [-0.39, 0.29) is 24.5 Å². The number of benzene rings is 1. The van der Waals surface area contributed by atoms with Gasteiger partial charge in [0.2, 0.25) is 11.8 Å². The molecule has 1 N–H and O–H groups in total. The summed E-state index contributed by atoms with van der Waals surface area (Å²) >= 11 is 0. The van der Waals surface area contributed by atoms with Gasteiger partial charge in [0.25, 0.3) is 5.69 Å². The largest absolute Gasteiger partial charge is 0.425 e. The Kier molecular flexibility index (Phi) is 6.41. The molecule has 0 atom stereocenters. The van der Waals surface area contributed by atoms with Crippen LogP contribution in [0.15, 0.2) is 36.9 Å². The average molecular weight is 321 g/mol. The van der Waals surface area contributed by atoms with Crippen LogP contribution in [0.2, 0.25) is 0 Å². The van der Waals surface area contributed by atoms with Gasteiger partial charge in [0.05, 0.1) is 11.5 Å². The molecule has 0 aromatic heterocycles. The number of hydrogen-bond donors (Lipinski definition) is 1. The highest BCUT2D eigenvalue weighted by atomic mass is 16.6. The van der Waals surface area contributed by atoms with Crippen LogP contribution in [0.3, 0.4) is 0 Å². The van der Waals surface area contributed by atoms with Crippen molar-refractivity contribution >= 4 is 23.5 Å². The molecule has 0 aliphatic heterocycles. The predicted molar refractivity (Wildman–Crippen MR) is 79.6 cm³/mol. The van der Waals surface area contributed by atoms with Crippen LogP contribution in [0, 0.1) is 10.1 Å². The van der Waals surface area contributed by atoms with Crippen molar-refractivity contribution in [1.29, 1.82) is 0 Å². The minimum absolute atomic E-state index is 0.126. The van der Waals surface area contributed by atoms with Crippen molar-refractivity contribution in [3.8, 4) is 5.75 Å². The van der Waals surface area contributed by atoms with Crippen LogP contribution in [-0.4, -0.2) is 47.7 Å². The van der Waals surface area contributed by atoms with E-state index in [1.165, 1.54) is 31.3 Å². The molecular formula is C14H15N3O6. The normalized spacial score (nSPS) is 9.61. The number of nitrogens with one attached hydrogen (secondary N) is 1. The molecule has 0 radical (unpaired) electrons. The summed E-state index contributed by atoms with van der Waals surface area (Å²) in [6.45, 7) is 2.64. The smallest absolute Gasteiger partial charge is 0.331 e. The Balaban J connectivity index is 2.48. The molecule has 9 nitrogen and oxygen atoms in total. The minimum Gasteiger partial charge on any atom is -0.425 e. The van der Waals surface area contributed by atoms with Crippen LogP contribution in [0.4, 0.5) is 5.69 Å². The highest BCUT2D eigenvalue weighted by molar-refractivity contribution is 5.91. The zero-order chi connectivity index (χ0) is 17.4. The van der Waals surface area contributed by atoms with E-state index < -0.39 is 22.7 Å². The Labute approximate surface area is 131 Å². The maximum absolute atomic E-state index is 11.7. The molecule has 0 saturated carbocycles. The third kappa shape index (κ3) is 5.96. The van der Waals surface area contributed by atoms with Crippen molar-refractivity contribution in [3.05, 3.63) is 47.0 Å². The summed E-state index contributed by atoms with van der Waals surface area (Å²) in [4.78, 5) is 45.3. The number of nitro benzene ring substituents is 1. The van der Waals surface area contributed by atoms with Crippen molar-refractivity contribution < 1.29 is 24.0 Å². The molecule has 1 aromatic rings. The first kappa shape index (κ1) is 17.8. The molecule has 9 heteroatoms. The Morgan fingerprint density at radius 2 is 1.96 bits per heavy atom. The summed E-state index contributed by atoms with van der Waals surface area (Å²) in [7, 11) is 1.37. The highest BCUT2D eigenvalue weighted by Crippen LogP contribution is 2.17. The monoisotopic (exact) mass is 321 g/mol. The SMILES string of the molecule is C=CC(=O)NCC(=O)N(C)CC(=O)Oc1ccc([N+](=O)[O-])cc1. The van der Waals surface area contributed by atoms with Gasteiger partial charge in [-0.1, -0.05) is 6.58 Å². The van der Waals surface area contributed by atoms with Gasteiger partial charge in [-0.15, -0.1) is 0 Å². The van der Waals surface area contributed by atoms with Gasteiger partial charge in [-0.05, 0) is 18.2 Å². The maximum Gasteiger partial charge on any atom is 0.331 e. The summed E-state index contributed by atoms with van der Waals surface area (Å²) in [6.07, 6.45) is 1.02. The molecule has 0 aliphatic carbocycles. The molecule has 0 spiro atoms. The van der Waals surface area contributed by atoms with Crippen molar-refractivity contribution in [1.82, 2.24) is 10.2 Å². The molecule has 0 bridgehead atoms. The number of nitro groups is 1. The fraction of sp³-hybridized carbons (Fsp3) is 0.214. The second kappa shape index (κ2) is 8.27. The van der Waals surface area contributed by atoms with Crippen LogP contribution < -0.4 is 10.1 Å². The Morgan fingerprint density at radius 1 is 1.35 bits per heavy atom. The van der Waals surface area contributed by atoms with Crippen LogP contribution in [0.25, 0.3) is 0 Å². The first-order valence-corrected chi connectivity index (χ1v) is 6.43. The van der Waals surface area contributed by atoms with Gasteiger partial charge >= 0.3 is 5.97 Å². The summed E-state index contributed by atoms with van der Waals surface area (Å²) in [5.41, 5.74) is -0.130. The second-order valence-electron chi connectivity index (χ2n) is 4.40. The lowest BCUT2D eigenvalue weighted by atomic mass is 10.3. The maximum atomic E-state index is 11.7. The van der Waals surface area contributed by atoms with E-state index in [0.29, 0.717) is 0 Å². The second-order valence-corrected chi connectivity index (χ2v) is 4.40. The van der Waals surface area contributed by atoms with Gasteiger partial charge in [-0.3, -0.25) is 19.7 Å². The van der Waals surface area contributed by atoms with Gasteiger partial charge in [0, 0.05) is 19.2 Å². The number of non-ortho nitro benzene ring substituents is 1. The number of carbonyl (C=O) groups excluding carboxylic acids is 3. The molecule has 0 aliphatic rings. The van der Waals surface area contributed by atoms with Crippen molar-refractivity contribution in [2.24, 2.45) is 0 Å². The number of nitrogens with zero attached hydrogens (tertiary/aromatic N) is 2. The average Bonchev–Trinajstić information content (AvgIpc) is 2.52. The summed E-state index contributed by atoms with van der Waals surface area (Å²) in [5.74, 6) is -1.58. The van der Waals surface area contributed by atoms with Crippen LogP contribution >= 0.6 is 0 Å². The Morgan fingerprint density at radius 3 is 2.48 bits per heavy atom. The molecule has 1 rings (SSSR count). The molecular weight excluding hydrogens is 306 g/mol. The van der Waals surface area contributed by atoms with Crippen molar-refractivity contribution in [2.75, 3.05) is 20.1 Å². The number of likely N-dealkylation sites (N-methyl/N-ethyl adjacent to an activating group) is 1. The summed E-state index contributed by atoms with van der Waals surface area (Å²) in [6, 6.07) is 4.95. The molecule has 23 heavy (non-hydrogen) atoms. The van der Waals surface area contributed by atoms with E-state index in [4.69, 9.17) is 4.74 Å². The third-order valence-electron chi connectivity index (χ3n) is 2.67. The van der Waals surface area contributed by atoms with Gasteiger partial charge in [-0.25, -0.2) is 4.79 Å². The molecule has 0 saturated heterocycles. The van der Waals surface area contributed by atoms with E-state index >= 15 is 0 Å². The number of rotatable bonds is 7. The van der Waals surface area contributed by atoms with Gasteiger partial charge in [0.1, 0.15) is 12.3 Å². The molecule has 1 aromatic carbocycles. The van der Waals surface area contributed by atoms with E-state index in [1.54, 1.807) is 0 Å². The number of hydrogen-bond acceptors (Lipinski definition) is 6. The minimum atomic E-state index is -0.718. The Bertz CT molecular complexity index is 626. The fourth-order valence-electron chi connectivity index (χ4n) is 1.45. The first-order chi connectivity index (χ1) is 10.8. The number of ether oxygens (including phenoxy) is 1. The molecule has 0 heterocycles. The summed E-state index contributed by atoms with van der Waals surface area (Å²) < 4.78 is 4.96. The first-order valence-electron chi connectivity index (χ1n) is 6.43. The topological polar surface area (TPSA) is 119 Å². The zero-order valence-corrected chi connectivity index (χ0v) is 12.4. The zero-order valence-electron chi connectivity index (χ0n) is 12.4. The lowest BCUT2D eigenvalue weighted by molar-refractivity contribution is -0.384. The quantitative estimate of drug-likeness (QED) is 0.253. The third-order valence-corrected chi connectivity index (χ3v) is 2.67. The number of carbonyl (C=O) groups is 3. The van der Waals surface area contributed by atoms with E-state index in [1.807, 2.05) is 0 Å². The van der Waals surface area contributed by atoms with Gasteiger partial charge < -0.3 is 15.0 Å². The lowest BCUT2D eigenvalue weighted by Crippen LogP contribution is -2.40. The molecule has 2 amide bonds. The van der Waals surface area contributed by atoms with Crippen LogP contribution in [0.5, 0.6) is 5.75 Å². The van der Waals surface area contributed by atoms with E-state index in [9.17, 15) is 24.5 Å². The number of esters is 1. The lowest BCUT2D eigenvalue weighted by Gasteiger charge is -2.16. The van der Waals surface area contributed by atoms with Crippen molar-refractivity contribution in [3.63, 3.8) is 0 Å².